The van der Waals surface area contributed by atoms with Gasteiger partial charge < -0.3 is 9.64 Å². The van der Waals surface area contributed by atoms with Crippen LogP contribution in [-0.2, 0) is 11.3 Å². The van der Waals surface area contributed by atoms with E-state index in [0.29, 0.717) is 19.7 Å². The van der Waals surface area contributed by atoms with Crippen LogP contribution in [0.1, 0.15) is 29.4 Å². The van der Waals surface area contributed by atoms with Crippen LogP contribution < -0.4 is 4.40 Å². The lowest BCUT2D eigenvalue weighted by Gasteiger charge is -2.15. The van der Waals surface area contributed by atoms with E-state index in [2.05, 4.69) is 30.3 Å². The summed E-state index contributed by atoms with van der Waals surface area (Å²) in [4.78, 5) is 21.9. The van der Waals surface area contributed by atoms with Crippen molar-refractivity contribution in [2.45, 2.75) is 25.9 Å². The van der Waals surface area contributed by atoms with Gasteiger partial charge in [0.15, 0.2) is 0 Å². The van der Waals surface area contributed by atoms with Gasteiger partial charge in [-0.1, -0.05) is 30.3 Å². The molecule has 0 saturated carbocycles. The Morgan fingerprint density at radius 3 is 3.04 bits per heavy atom. The summed E-state index contributed by atoms with van der Waals surface area (Å²) >= 11 is 3.59. The number of aromatic nitrogens is 3. The van der Waals surface area contributed by atoms with Crippen LogP contribution in [-0.4, -0.2) is 34.1 Å². The lowest BCUT2D eigenvalue weighted by Crippen LogP contribution is -2.31. The van der Waals surface area contributed by atoms with Gasteiger partial charge in [-0.3, -0.25) is 4.98 Å². The van der Waals surface area contributed by atoms with E-state index in [1.807, 2.05) is 43.5 Å². The Kier molecular flexibility index (Phi) is 4.63. The number of halogens is 1. The molecule has 0 unspecified atom stereocenters. The zero-order valence-corrected chi connectivity index (χ0v) is 16.1. The van der Waals surface area contributed by atoms with Crippen LogP contribution in [0.3, 0.4) is 0 Å². The molecule has 7 heteroatoms. The monoisotopic (exact) mass is 415 g/mol. The van der Waals surface area contributed by atoms with Crippen molar-refractivity contribution in [3.05, 3.63) is 64.4 Å². The van der Waals surface area contributed by atoms with Gasteiger partial charge in [-0.05, 0) is 18.9 Å². The third-order valence-corrected chi connectivity index (χ3v) is 5.38. The summed E-state index contributed by atoms with van der Waals surface area (Å²) in [5, 5.41) is 0. The number of H-pyrrole nitrogens is 1. The SMILES string of the molecule is Cc1ncc[n+]2c([C@@H]3CCN(C(=O)OCc4ccccc4)C3)[nH]c(Br)c12. The molecule has 134 valence electrons. The molecule has 1 fully saturated rings. The number of amides is 1. The number of benzene rings is 1. The molecule has 1 aliphatic rings. The van der Waals surface area contributed by atoms with Crippen molar-refractivity contribution in [3.63, 3.8) is 0 Å². The van der Waals surface area contributed by atoms with E-state index in [4.69, 9.17) is 4.74 Å². The molecule has 26 heavy (non-hydrogen) atoms. The number of likely N-dealkylation sites (tertiary alicyclic amines) is 1. The Bertz CT molecular complexity index is 941. The number of carbonyl (C=O) groups is 1. The number of nitrogens with zero attached hydrogens (tertiary/aromatic N) is 3. The number of rotatable bonds is 3. The maximum atomic E-state index is 12.4. The number of hydrogen-bond donors (Lipinski definition) is 1. The van der Waals surface area contributed by atoms with Gasteiger partial charge in [-0.15, -0.1) is 0 Å². The van der Waals surface area contributed by atoms with E-state index < -0.39 is 0 Å². The van der Waals surface area contributed by atoms with Crippen LogP contribution in [0.25, 0.3) is 5.52 Å². The molecule has 0 bridgehead atoms. The van der Waals surface area contributed by atoms with Gasteiger partial charge in [-0.25, -0.2) is 9.78 Å². The molecule has 1 N–H and O–H groups in total. The first-order valence-electron chi connectivity index (χ1n) is 8.63. The van der Waals surface area contributed by atoms with E-state index in [0.717, 1.165) is 33.6 Å². The van der Waals surface area contributed by atoms with Crippen LogP contribution in [0.4, 0.5) is 4.79 Å². The van der Waals surface area contributed by atoms with E-state index >= 15 is 0 Å². The van der Waals surface area contributed by atoms with Crippen LogP contribution in [0.15, 0.2) is 47.3 Å². The van der Waals surface area contributed by atoms with Crippen molar-refractivity contribution in [1.29, 1.82) is 0 Å². The fraction of sp³-hybridized carbons (Fsp3) is 0.316. The van der Waals surface area contributed by atoms with Gasteiger partial charge in [0.2, 0.25) is 10.1 Å². The Balaban J connectivity index is 1.45. The van der Waals surface area contributed by atoms with Crippen molar-refractivity contribution in [2.75, 3.05) is 13.1 Å². The number of nitrogens with one attached hydrogen (secondary N) is 1. The number of aryl methyl sites for hydroxylation is 1. The molecular weight excluding hydrogens is 396 g/mol. The first-order chi connectivity index (χ1) is 12.6. The molecule has 0 aliphatic carbocycles. The highest BCUT2D eigenvalue weighted by molar-refractivity contribution is 9.10. The maximum Gasteiger partial charge on any atom is 0.410 e. The summed E-state index contributed by atoms with van der Waals surface area (Å²) in [5.41, 5.74) is 2.99. The second kappa shape index (κ2) is 7.07. The van der Waals surface area contributed by atoms with Gasteiger partial charge in [0.05, 0.1) is 17.8 Å². The van der Waals surface area contributed by atoms with Gasteiger partial charge in [0.25, 0.3) is 5.82 Å². The number of fused-ring (bicyclic) bond motifs is 1. The second-order valence-electron chi connectivity index (χ2n) is 6.53. The molecule has 1 aliphatic heterocycles. The van der Waals surface area contributed by atoms with Crippen molar-refractivity contribution < 1.29 is 13.9 Å². The average Bonchev–Trinajstić information content (AvgIpc) is 3.26. The summed E-state index contributed by atoms with van der Waals surface area (Å²) in [6.45, 7) is 3.63. The molecule has 1 atom stereocenters. The second-order valence-corrected chi connectivity index (χ2v) is 7.32. The molecule has 3 aromatic rings. The molecule has 0 spiro atoms. The quantitative estimate of drug-likeness (QED) is 0.667. The fourth-order valence-corrected chi connectivity index (χ4v) is 4.16. The van der Waals surface area contributed by atoms with Crippen LogP contribution in [0.2, 0.25) is 0 Å². The number of aromatic amines is 1. The fourth-order valence-electron chi connectivity index (χ4n) is 3.48. The van der Waals surface area contributed by atoms with Crippen LogP contribution >= 0.6 is 15.9 Å². The number of carbonyl (C=O) groups excluding carboxylic acids is 1. The molecule has 4 rings (SSSR count). The Labute approximate surface area is 159 Å². The average molecular weight is 416 g/mol. The summed E-state index contributed by atoms with van der Waals surface area (Å²) < 4.78 is 8.50. The Morgan fingerprint density at radius 2 is 2.23 bits per heavy atom. The molecule has 1 saturated heterocycles. The molecule has 6 nitrogen and oxygen atoms in total. The van der Waals surface area contributed by atoms with Gasteiger partial charge >= 0.3 is 6.09 Å². The minimum atomic E-state index is -0.255. The first kappa shape index (κ1) is 17.0. The van der Waals surface area contributed by atoms with Crippen molar-refractivity contribution >= 4 is 27.5 Å². The van der Waals surface area contributed by atoms with Gasteiger partial charge in [0, 0.05) is 29.0 Å². The smallest absolute Gasteiger partial charge is 0.410 e. The molecular formula is C19H20BrN4O2+. The zero-order chi connectivity index (χ0) is 18.1. The lowest BCUT2D eigenvalue weighted by molar-refractivity contribution is -0.524. The highest BCUT2D eigenvalue weighted by atomic mass is 79.9. The van der Waals surface area contributed by atoms with E-state index in [9.17, 15) is 4.79 Å². The van der Waals surface area contributed by atoms with Crippen molar-refractivity contribution in [2.24, 2.45) is 0 Å². The zero-order valence-electron chi connectivity index (χ0n) is 14.5. The van der Waals surface area contributed by atoms with Gasteiger partial charge in [0.1, 0.15) is 12.8 Å². The van der Waals surface area contributed by atoms with Gasteiger partial charge in [-0.2, -0.15) is 4.40 Å². The normalized spacial score (nSPS) is 17.0. The Morgan fingerprint density at radius 1 is 1.42 bits per heavy atom. The molecule has 0 radical (unpaired) electrons. The van der Waals surface area contributed by atoms with Crippen LogP contribution in [0, 0.1) is 6.92 Å². The number of ether oxygens (including phenoxy) is 1. The third-order valence-electron chi connectivity index (χ3n) is 4.81. The minimum Gasteiger partial charge on any atom is -0.445 e. The topological polar surface area (TPSA) is 62.3 Å². The highest BCUT2D eigenvalue weighted by Gasteiger charge is 2.35. The molecule has 2 aromatic heterocycles. The van der Waals surface area contributed by atoms with E-state index in [1.54, 1.807) is 11.1 Å². The summed E-state index contributed by atoms with van der Waals surface area (Å²) in [6, 6.07) is 9.74. The Hall–Kier alpha value is -2.41. The molecule has 1 amide bonds. The highest BCUT2D eigenvalue weighted by Crippen LogP contribution is 2.27. The maximum absolute atomic E-state index is 12.4. The van der Waals surface area contributed by atoms with E-state index in [-0.39, 0.29) is 12.0 Å². The van der Waals surface area contributed by atoms with Crippen molar-refractivity contribution in [3.8, 4) is 0 Å². The third kappa shape index (κ3) is 3.19. The van der Waals surface area contributed by atoms with E-state index in [1.165, 1.54) is 0 Å². The van der Waals surface area contributed by atoms with Crippen molar-refractivity contribution in [1.82, 2.24) is 14.9 Å². The summed E-state index contributed by atoms with van der Waals surface area (Å²) in [5.74, 6) is 1.32. The summed E-state index contributed by atoms with van der Waals surface area (Å²) in [7, 11) is 0. The largest absolute Gasteiger partial charge is 0.445 e. The number of hydrogen-bond acceptors (Lipinski definition) is 3. The first-order valence-corrected chi connectivity index (χ1v) is 9.42. The molecule has 1 aromatic carbocycles. The summed E-state index contributed by atoms with van der Waals surface area (Å²) in [6.07, 6.45) is 4.40. The number of imidazole rings is 1. The lowest BCUT2D eigenvalue weighted by atomic mass is 10.1. The van der Waals surface area contributed by atoms with Crippen LogP contribution in [0.5, 0.6) is 0 Å². The minimum absolute atomic E-state index is 0.236. The predicted octanol–water partition coefficient (Wildman–Crippen LogP) is 3.35. The molecule has 3 heterocycles. The predicted molar refractivity (Wildman–Crippen MR) is 99.7 cm³/mol. The standard InChI is InChI=1S/C19H19BrN4O2/c1-13-16-17(20)22-18(24(16)10-8-21-13)15-7-9-23(11-15)19(25)26-12-14-5-3-2-4-6-14/h2-6,8,10,15H,7,9,11-12H2,1H3/p+1/t15-/m1/s1.